The maximum Gasteiger partial charge on any atom is 0.417 e. The first-order chi connectivity index (χ1) is 27.0. The summed E-state index contributed by atoms with van der Waals surface area (Å²) >= 11 is 5.58. The molecule has 0 aromatic heterocycles. The van der Waals surface area contributed by atoms with E-state index in [1.807, 2.05) is 0 Å². The molecule has 6 rings (SSSR count). The molecule has 57 heavy (non-hydrogen) atoms. The average molecular weight is 828 g/mol. The number of alkyl halides is 3. The number of allylic oxidation sites excluding steroid dienone is 1. The Hall–Kier alpha value is -5.55. The van der Waals surface area contributed by atoms with Crippen molar-refractivity contribution < 1.29 is 54.9 Å². The van der Waals surface area contributed by atoms with Crippen molar-refractivity contribution in [2.75, 3.05) is 49.4 Å². The molecule has 1 atom stereocenters. The lowest BCUT2D eigenvalue weighted by atomic mass is 10.0. The van der Waals surface area contributed by atoms with Gasteiger partial charge in [-0.1, -0.05) is 6.58 Å². The van der Waals surface area contributed by atoms with Crippen LogP contribution in [-0.2, 0) is 35.3 Å². The number of fused-ring (bicyclic) bond motifs is 1. The zero-order chi connectivity index (χ0) is 41.3. The van der Waals surface area contributed by atoms with Crippen LogP contribution in [-0.4, -0.2) is 86.8 Å². The van der Waals surface area contributed by atoms with E-state index in [1.165, 1.54) is 35.2 Å². The molecule has 3 heterocycles. The normalized spacial score (nSPS) is 18.8. The topological polar surface area (TPSA) is 168 Å². The number of nitriles is 1. The number of amides is 3. The second-order valence-electron chi connectivity index (χ2n) is 13.5. The van der Waals surface area contributed by atoms with Crippen LogP contribution in [0.15, 0.2) is 77.8 Å². The monoisotopic (exact) mass is 827 g/mol. The van der Waals surface area contributed by atoms with Crippen LogP contribution in [0.5, 0.6) is 11.5 Å². The minimum absolute atomic E-state index is 0.0264. The standard InChI is InChI=1S/C38H36F3N5O9S2/c1-23-4-13-31(33(47)43-23)46-34(48)29-12-11-28(21-32(29)57(46,50)51)55-19-17-53-15-14-52-16-18-54-27-9-7-25(8-10-27)45-36(56)44(35(49)37(45,2)3)26-6-5-24(22-42)30(20-26)38(39,40)41/h5-12,20-21,31H,1,4,13-19H2,2-3H3,(H,43,47). The third-order valence-electron chi connectivity index (χ3n) is 9.34. The Labute approximate surface area is 331 Å². The molecule has 1 N–H and O–H groups in total. The summed E-state index contributed by atoms with van der Waals surface area (Å²) in [4.78, 5) is 41.2. The number of anilines is 2. The molecule has 1 unspecified atom stereocenters. The molecule has 0 spiro atoms. The quantitative estimate of drug-likeness (QED) is 0.172. The Kier molecular flexibility index (Phi) is 11.6. The molecular formula is C38H36F3N5O9S2. The van der Waals surface area contributed by atoms with Gasteiger partial charge in [0, 0.05) is 17.5 Å². The summed E-state index contributed by atoms with van der Waals surface area (Å²) in [6.07, 6.45) is -4.31. The highest BCUT2D eigenvalue weighted by atomic mass is 32.2. The lowest BCUT2D eigenvalue weighted by molar-refractivity contribution is -0.137. The fourth-order valence-electron chi connectivity index (χ4n) is 6.52. The Bertz CT molecular complexity index is 2280. The van der Waals surface area contributed by atoms with E-state index in [4.69, 9.17) is 36.4 Å². The van der Waals surface area contributed by atoms with E-state index < -0.39 is 56.6 Å². The Morgan fingerprint density at radius 2 is 1.51 bits per heavy atom. The van der Waals surface area contributed by atoms with Crippen molar-refractivity contribution in [3.8, 4) is 17.6 Å². The first-order valence-electron chi connectivity index (χ1n) is 17.5. The second-order valence-corrected chi connectivity index (χ2v) is 15.6. The summed E-state index contributed by atoms with van der Waals surface area (Å²) in [6.45, 7) is 8.05. The Balaban J connectivity index is 0.915. The second kappa shape index (κ2) is 16.1. The summed E-state index contributed by atoms with van der Waals surface area (Å²) in [5.41, 5.74) is -2.14. The van der Waals surface area contributed by atoms with Gasteiger partial charge in [0.05, 0.1) is 54.9 Å². The van der Waals surface area contributed by atoms with Gasteiger partial charge >= 0.3 is 6.18 Å². The number of carbonyl (C=O) groups is 3. The zero-order valence-electron chi connectivity index (χ0n) is 30.6. The lowest BCUT2D eigenvalue weighted by Crippen LogP contribution is -2.51. The molecule has 0 bridgehead atoms. The number of nitrogens with one attached hydrogen (secondary N) is 1. The van der Waals surface area contributed by atoms with E-state index in [9.17, 15) is 36.0 Å². The number of carbonyl (C=O) groups excluding carboxylic acids is 3. The number of halogens is 3. The summed E-state index contributed by atoms with van der Waals surface area (Å²) in [7, 11) is -4.26. The van der Waals surface area contributed by atoms with Crippen LogP contribution in [0.25, 0.3) is 0 Å². The number of ether oxygens (including phenoxy) is 4. The van der Waals surface area contributed by atoms with Crippen molar-refractivity contribution in [2.24, 2.45) is 0 Å². The molecule has 19 heteroatoms. The van der Waals surface area contributed by atoms with Gasteiger partial charge in [-0.25, -0.2) is 12.7 Å². The predicted octanol–water partition coefficient (Wildman–Crippen LogP) is 4.92. The predicted molar refractivity (Wildman–Crippen MR) is 202 cm³/mol. The molecule has 3 amide bonds. The van der Waals surface area contributed by atoms with Crippen LogP contribution in [0.3, 0.4) is 0 Å². The maximum absolute atomic E-state index is 13.6. The summed E-state index contributed by atoms with van der Waals surface area (Å²) in [6, 6.07) is 14.1. The molecule has 2 saturated heterocycles. The summed E-state index contributed by atoms with van der Waals surface area (Å²) in [5, 5.41) is 11.6. The molecule has 300 valence electrons. The lowest BCUT2D eigenvalue weighted by Gasteiger charge is -2.29. The number of hydrogen-bond donors (Lipinski definition) is 1. The van der Waals surface area contributed by atoms with Gasteiger partial charge in [0.2, 0.25) is 5.91 Å². The molecule has 0 radical (unpaired) electrons. The average Bonchev–Trinajstić information content (AvgIpc) is 3.47. The number of thiocarbonyl (C=S) groups is 1. The molecule has 0 saturated carbocycles. The highest BCUT2D eigenvalue weighted by Gasteiger charge is 2.51. The third-order valence-corrected chi connectivity index (χ3v) is 11.5. The zero-order valence-corrected chi connectivity index (χ0v) is 32.3. The highest BCUT2D eigenvalue weighted by Crippen LogP contribution is 2.40. The van der Waals surface area contributed by atoms with Gasteiger partial charge in [0.25, 0.3) is 21.8 Å². The first kappa shape index (κ1) is 41.1. The van der Waals surface area contributed by atoms with E-state index in [1.54, 1.807) is 38.1 Å². The first-order valence-corrected chi connectivity index (χ1v) is 19.3. The smallest absolute Gasteiger partial charge is 0.417 e. The van der Waals surface area contributed by atoms with Gasteiger partial charge in [0.1, 0.15) is 41.2 Å². The summed E-state index contributed by atoms with van der Waals surface area (Å²) < 4.78 is 90.4. The SMILES string of the molecule is C=C1CCC(N2C(=O)c3ccc(OCCOCCOCCOc4ccc(N5C(=S)N(c6ccc(C#N)c(C(F)(F)F)c6)C(=O)C5(C)C)cc4)cc3S2(=O)=O)C(=O)N1. The number of nitrogens with zero attached hydrogens (tertiary/aromatic N) is 4. The van der Waals surface area contributed by atoms with Crippen LogP contribution in [0.2, 0.25) is 0 Å². The van der Waals surface area contributed by atoms with Gasteiger partial charge in [0.15, 0.2) is 5.11 Å². The van der Waals surface area contributed by atoms with Crippen LogP contribution in [0.4, 0.5) is 24.5 Å². The van der Waals surface area contributed by atoms with Crippen molar-refractivity contribution in [1.29, 1.82) is 5.26 Å². The van der Waals surface area contributed by atoms with Gasteiger partial charge in [-0.05, 0) is 93.5 Å². The molecular weight excluding hydrogens is 792 g/mol. The van der Waals surface area contributed by atoms with Crippen molar-refractivity contribution in [1.82, 2.24) is 9.62 Å². The van der Waals surface area contributed by atoms with E-state index in [-0.39, 0.29) is 73.1 Å². The molecule has 3 aromatic rings. The van der Waals surface area contributed by atoms with Crippen LogP contribution < -0.4 is 24.6 Å². The van der Waals surface area contributed by atoms with Crippen molar-refractivity contribution in [2.45, 2.75) is 49.3 Å². The van der Waals surface area contributed by atoms with Gasteiger partial charge in [-0.15, -0.1) is 0 Å². The number of hydrogen-bond acceptors (Lipinski definition) is 11. The number of benzene rings is 3. The molecule has 2 fully saturated rings. The minimum Gasteiger partial charge on any atom is -0.491 e. The van der Waals surface area contributed by atoms with Gasteiger partial charge in [-0.2, -0.15) is 18.4 Å². The van der Waals surface area contributed by atoms with Crippen molar-refractivity contribution >= 4 is 56.4 Å². The van der Waals surface area contributed by atoms with E-state index in [0.29, 0.717) is 27.9 Å². The van der Waals surface area contributed by atoms with Gasteiger partial charge < -0.3 is 29.2 Å². The number of sulfonamides is 1. The molecule has 3 aromatic carbocycles. The van der Waals surface area contributed by atoms with E-state index in [0.717, 1.165) is 17.0 Å². The van der Waals surface area contributed by atoms with Crippen molar-refractivity contribution in [3.05, 3.63) is 89.6 Å². The number of piperidine rings is 1. The Morgan fingerprint density at radius 1 is 0.912 bits per heavy atom. The molecule has 14 nitrogen and oxygen atoms in total. The number of rotatable bonds is 14. The largest absolute Gasteiger partial charge is 0.491 e. The van der Waals surface area contributed by atoms with E-state index in [2.05, 4.69) is 11.9 Å². The summed E-state index contributed by atoms with van der Waals surface area (Å²) in [5.74, 6) is -1.20. The van der Waals surface area contributed by atoms with Crippen molar-refractivity contribution in [3.63, 3.8) is 0 Å². The van der Waals surface area contributed by atoms with Crippen LogP contribution in [0, 0.1) is 11.3 Å². The van der Waals surface area contributed by atoms with Gasteiger partial charge in [-0.3, -0.25) is 19.3 Å². The minimum atomic E-state index is -4.81. The third kappa shape index (κ3) is 8.16. The fourth-order valence-corrected chi connectivity index (χ4v) is 8.81. The maximum atomic E-state index is 13.6. The molecule has 0 aliphatic carbocycles. The van der Waals surface area contributed by atoms with Crippen LogP contribution in [0.1, 0.15) is 48.2 Å². The molecule has 3 aliphatic heterocycles. The van der Waals surface area contributed by atoms with E-state index >= 15 is 0 Å². The van der Waals surface area contributed by atoms with Crippen LogP contribution >= 0.6 is 12.2 Å². The fraction of sp³-hybridized carbons (Fsp3) is 0.342. The Morgan fingerprint density at radius 3 is 2.12 bits per heavy atom. The molecule has 3 aliphatic rings. The highest BCUT2D eigenvalue weighted by molar-refractivity contribution is 7.90.